The Bertz CT molecular complexity index is 405. The maximum atomic E-state index is 12.0. The highest BCUT2D eigenvalue weighted by atomic mass is 32.1. The molecule has 0 fully saturated rings. The Labute approximate surface area is 119 Å². The Kier molecular flexibility index (Phi) is 6.62. The molecule has 0 saturated carbocycles. The standard InChI is InChI=1S/C13H24N4OS/c1-4-6-7-8-9-15-12(18)10-11(14)16-13(19-10)17(3)5-2/h4-9,14H2,1-3H3,(H,15,18). The summed E-state index contributed by atoms with van der Waals surface area (Å²) in [5.74, 6) is 0.216. The van der Waals surface area contributed by atoms with Crippen molar-refractivity contribution in [1.29, 1.82) is 0 Å². The number of carbonyl (C=O) groups excluding carboxylic acids is 1. The summed E-state index contributed by atoms with van der Waals surface area (Å²) in [6, 6.07) is 0. The molecule has 1 heterocycles. The average Bonchev–Trinajstić information content (AvgIpc) is 2.79. The number of unbranched alkanes of at least 4 members (excludes halogenated alkanes) is 3. The fraction of sp³-hybridized carbons (Fsp3) is 0.692. The topological polar surface area (TPSA) is 71.2 Å². The van der Waals surface area contributed by atoms with Crippen molar-refractivity contribution >= 4 is 28.2 Å². The zero-order valence-corrected chi connectivity index (χ0v) is 12.8. The summed E-state index contributed by atoms with van der Waals surface area (Å²) in [5, 5.41) is 3.69. The lowest BCUT2D eigenvalue weighted by molar-refractivity contribution is 0.0957. The Morgan fingerprint density at radius 3 is 2.74 bits per heavy atom. The second-order valence-electron chi connectivity index (χ2n) is 4.54. The number of rotatable bonds is 8. The Morgan fingerprint density at radius 2 is 2.11 bits per heavy atom. The van der Waals surface area contributed by atoms with E-state index < -0.39 is 0 Å². The van der Waals surface area contributed by atoms with Crippen LogP contribution in [0.25, 0.3) is 0 Å². The van der Waals surface area contributed by atoms with Crippen molar-refractivity contribution in [3.05, 3.63) is 4.88 Å². The SMILES string of the molecule is CCCCCCNC(=O)c1sc(N(C)CC)nc1N. The molecular weight excluding hydrogens is 260 g/mol. The van der Waals surface area contributed by atoms with Crippen LogP contribution in [0.4, 0.5) is 10.9 Å². The minimum absolute atomic E-state index is 0.109. The summed E-state index contributed by atoms with van der Waals surface area (Å²) in [5.41, 5.74) is 5.80. The third kappa shape index (κ3) is 4.70. The molecule has 0 aromatic carbocycles. The molecule has 0 saturated heterocycles. The lowest BCUT2D eigenvalue weighted by atomic mass is 10.2. The van der Waals surface area contributed by atoms with E-state index >= 15 is 0 Å². The average molecular weight is 284 g/mol. The Morgan fingerprint density at radius 1 is 1.37 bits per heavy atom. The molecule has 1 aromatic rings. The van der Waals surface area contributed by atoms with E-state index in [4.69, 9.17) is 5.73 Å². The number of nitrogens with two attached hydrogens (primary N) is 1. The number of carbonyl (C=O) groups is 1. The van der Waals surface area contributed by atoms with Crippen LogP contribution in [0.5, 0.6) is 0 Å². The van der Waals surface area contributed by atoms with Crippen LogP contribution in [0.3, 0.4) is 0 Å². The van der Waals surface area contributed by atoms with Crippen LogP contribution in [-0.4, -0.2) is 31.0 Å². The van der Waals surface area contributed by atoms with E-state index in [1.165, 1.54) is 24.2 Å². The smallest absolute Gasteiger partial charge is 0.265 e. The molecule has 0 aliphatic carbocycles. The minimum Gasteiger partial charge on any atom is -0.382 e. The van der Waals surface area contributed by atoms with Crippen LogP contribution < -0.4 is 16.0 Å². The number of thiazole rings is 1. The summed E-state index contributed by atoms with van der Waals surface area (Å²) in [4.78, 5) is 18.7. The molecule has 19 heavy (non-hydrogen) atoms. The Hall–Kier alpha value is -1.30. The van der Waals surface area contributed by atoms with E-state index in [9.17, 15) is 4.79 Å². The van der Waals surface area contributed by atoms with Gasteiger partial charge in [0.25, 0.3) is 5.91 Å². The lowest BCUT2D eigenvalue weighted by Crippen LogP contribution is -2.24. The van der Waals surface area contributed by atoms with Crippen LogP contribution >= 0.6 is 11.3 Å². The van der Waals surface area contributed by atoms with Crippen molar-refractivity contribution in [1.82, 2.24) is 10.3 Å². The molecular formula is C13H24N4OS. The van der Waals surface area contributed by atoms with Crippen molar-refractivity contribution < 1.29 is 4.79 Å². The number of anilines is 2. The van der Waals surface area contributed by atoms with Crippen molar-refractivity contribution in [3.8, 4) is 0 Å². The fourth-order valence-electron chi connectivity index (χ4n) is 1.62. The van der Waals surface area contributed by atoms with Gasteiger partial charge in [0.05, 0.1) is 0 Å². The van der Waals surface area contributed by atoms with Gasteiger partial charge in [-0.3, -0.25) is 4.79 Å². The number of nitrogen functional groups attached to an aromatic ring is 1. The van der Waals surface area contributed by atoms with Gasteiger partial charge in [-0.05, 0) is 13.3 Å². The molecule has 0 radical (unpaired) electrons. The predicted octanol–water partition coefficient (Wildman–Crippen LogP) is 2.49. The van der Waals surface area contributed by atoms with E-state index in [0.29, 0.717) is 17.2 Å². The Balaban J connectivity index is 2.50. The molecule has 0 atom stereocenters. The van der Waals surface area contributed by atoms with Gasteiger partial charge in [0.15, 0.2) is 5.13 Å². The molecule has 0 bridgehead atoms. The van der Waals surface area contributed by atoms with Crippen molar-refractivity contribution in [2.24, 2.45) is 0 Å². The molecule has 1 amide bonds. The highest BCUT2D eigenvalue weighted by molar-refractivity contribution is 7.18. The van der Waals surface area contributed by atoms with Crippen LogP contribution in [0, 0.1) is 0 Å². The quantitative estimate of drug-likeness (QED) is 0.719. The molecule has 0 aliphatic rings. The van der Waals surface area contributed by atoms with Gasteiger partial charge < -0.3 is 16.0 Å². The molecule has 1 rings (SSSR count). The minimum atomic E-state index is -0.109. The first-order valence-corrected chi connectivity index (χ1v) is 7.67. The molecule has 5 nitrogen and oxygen atoms in total. The molecule has 0 spiro atoms. The zero-order valence-electron chi connectivity index (χ0n) is 12.0. The largest absolute Gasteiger partial charge is 0.382 e. The van der Waals surface area contributed by atoms with E-state index in [1.807, 2.05) is 18.9 Å². The molecule has 0 aliphatic heterocycles. The summed E-state index contributed by atoms with van der Waals surface area (Å²) in [7, 11) is 1.94. The van der Waals surface area contributed by atoms with Gasteiger partial charge >= 0.3 is 0 Å². The van der Waals surface area contributed by atoms with E-state index in [0.717, 1.165) is 24.5 Å². The highest BCUT2D eigenvalue weighted by Gasteiger charge is 2.17. The van der Waals surface area contributed by atoms with Crippen LogP contribution in [0.1, 0.15) is 49.2 Å². The molecule has 6 heteroatoms. The summed E-state index contributed by atoms with van der Waals surface area (Å²) >= 11 is 1.35. The number of hydrogen-bond donors (Lipinski definition) is 2. The summed E-state index contributed by atoms with van der Waals surface area (Å²) in [6.07, 6.45) is 4.57. The fourth-order valence-corrected chi connectivity index (χ4v) is 2.54. The van der Waals surface area contributed by atoms with Gasteiger partial charge in [0.2, 0.25) is 0 Å². The number of nitrogens with zero attached hydrogens (tertiary/aromatic N) is 2. The highest BCUT2D eigenvalue weighted by Crippen LogP contribution is 2.27. The second kappa shape index (κ2) is 7.99. The third-order valence-corrected chi connectivity index (χ3v) is 4.15. The van der Waals surface area contributed by atoms with Crippen molar-refractivity contribution in [3.63, 3.8) is 0 Å². The van der Waals surface area contributed by atoms with Gasteiger partial charge in [-0.1, -0.05) is 37.5 Å². The van der Waals surface area contributed by atoms with Crippen LogP contribution in [0.15, 0.2) is 0 Å². The summed E-state index contributed by atoms with van der Waals surface area (Å²) < 4.78 is 0. The van der Waals surface area contributed by atoms with Gasteiger partial charge in [-0.25, -0.2) is 4.98 Å². The third-order valence-electron chi connectivity index (χ3n) is 2.97. The number of aromatic nitrogens is 1. The normalized spacial score (nSPS) is 10.5. The maximum absolute atomic E-state index is 12.0. The van der Waals surface area contributed by atoms with Crippen molar-refractivity contribution in [2.75, 3.05) is 30.8 Å². The predicted molar refractivity (Wildman–Crippen MR) is 81.9 cm³/mol. The van der Waals surface area contributed by atoms with Gasteiger partial charge in [0, 0.05) is 20.1 Å². The van der Waals surface area contributed by atoms with Crippen molar-refractivity contribution in [2.45, 2.75) is 39.5 Å². The number of hydrogen-bond acceptors (Lipinski definition) is 5. The monoisotopic (exact) mass is 284 g/mol. The first-order chi connectivity index (χ1) is 9.10. The van der Waals surface area contributed by atoms with Crippen LogP contribution in [-0.2, 0) is 0 Å². The van der Waals surface area contributed by atoms with E-state index in [1.54, 1.807) is 0 Å². The zero-order chi connectivity index (χ0) is 14.3. The number of nitrogens with one attached hydrogen (secondary N) is 1. The second-order valence-corrected chi connectivity index (χ2v) is 5.52. The number of amides is 1. The molecule has 3 N–H and O–H groups in total. The van der Waals surface area contributed by atoms with E-state index in [-0.39, 0.29) is 5.91 Å². The first kappa shape index (κ1) is 15.8. The van der Waals surface area contributed by atoms with E-state index in [2.05, 4.69) is 17.2 Å². The molecule has 0 unspecified atom stereocenters. The molecule has 1 aromatic heterocycles. The first-order valence-electron chi connectivity index (χ1n) is 6.85. The lowest BCUT2D eigenvalue weighted by Gasteiger charge is -2.10. The maximum Gasteiger partial charge on any atom is 0.265 e. The molecule has 108 valence electrons. The van der Waals surface area contributed by atoms with Gasteiger partial charge in [-0.2, -0.15) is 0 Å². The van der Waals surface area contributed by atoms with Gasteiger partial charge in [0.1, 0.15) is 10.7 Å². The van der Waals surface area contributed by atoms with Crippen LogP contribution in [0.2, 0.25) is 0 Å². The van der Waals surface area contributed by atoms with Gasteiger partial charge in [-0.15, -0.1) is 0 Å². The summed E-state index contributed by atoms with van der Waals surface area (Å²) in [6.45, 7) is 5.74.